The van der Waals surface area contributed by atoms with Gasteiger partial charge in [0.25, 0.3) is 0 Å². The quantitative estimate of drug-likeness (QED) is 0.693. The summed E-state index contributed by atoms with van der Waals surface area (Å²) in [6.07, 6.45) is 0. The maximum atomic E-state index is 12.8. The van der Waals surface area contributed by atoms with Crippen molar-refractivity contribution in [2.45, 2.75) is 13.8 Å². The number of benzene rings is 1. The Morgan fingerprint density at radius 2 is 2.08 bits per heavy atom. The lowest BCUT2D eigenvalue weighted by molar-refractivity contribution is 0.619. The van der Waals surface area contributed by atoms with Crippen LogP contribution in [0.3, 0.4) is 0 Å². The van der Waals surface area contributed by atoms with E-state index in [2.05, 4.69) is 18.7 Å². The molecule has 13 heavy (non-hydrogen) atoms. The van der Waals surface area contributed by atoms with Gasteiger partial charge in [0.2, 0.25) is 0 Å². The summed E-state index contributed by atoms with van der Waals surface area (Å²) in [4.78, 5) is 2.06. The number of nitrogens with zero attached hydrogens (tertiary/aromatic N) is 1. The Hall–Kier alpha value is -1.05. The van der Waals surface area contributed by atoms with Gasteiger partial charge in [-0.05, 0) is 24.1 Å². The number of halogens is 1. The van der Waals surface area contributed by atoms with E-state index in [0.717, 1.165) is 12.2 Å². The van der Waals surface area contributed by atoms with E-state index in [0.29, 0.717) is 5.92 Å². The van der Waals surface area contributed by atoms with Gasteiger partial charge in [-0.15, -0.1) is 0 Å². The molecule has 1 aromatic rings. The van der Waals surface area contributed by atoms with Crippen LogP contribution in [0.15, 0.2) is 24.3 Å². The molecule has 1 aromatic carbocycles. The van der Waals surface area contributed by atoms with E-state index >= 15 is 0 Å². The average Bonchev–Trinajstić information content (AvgIpc) is 2.03. The highest BCUT2D eigenvalue weighted by atomic mass is 19.1. The zero-order valence-corrected chi connectivity index (χ0v) is 8.42. The first-order valence-electron chi connectivity index (χ1n) is 4.56. The van der Waals surface area contributed by atoms with Gasteiger partial charge < -0.3 is 4.90 Å². The van der Waals surface area contributed by atoms with E-state index in [1.165, 1.54) is 6.07 Å². The fourth-order valence-corrected chi connectivity index (χ4v) is 1.37. The van der Waals surface area contributed by atoms with Crippen LogP contribution in [0.2, 0.25) is 0 Å². The van der Waals surface area contributed by atoms with Crippen molar-refractivity contribution in [1.29, 1.82) is 0 Å². The molecular weight excluding hydrogens is 165 g/mol. The summed E-state index contributed by atoms with van der Waals surface area (Å²) in [7, 11) is 1.98. The molecule has 0 unspecified atom stereocenters. The van der Waals surface area contributed by atoms with Crippen molar-refractivity contribution in [1.82, 2.24) is 0 Å². The molecule has 0 aliphatic heterocycles. The molecule has 0 saturated carbocycles. The van der Waals surface area contributed by atoms with Crippen molar-refractivity contribution in [3.05, 3.63) is 30.1 Å². The Bertz CT molecular complexity index is 271. The summed E-state index contributed by atoms with van der Waals surface area (Å²) < 4.78 is 12.8. The summed E-state index contributed by atoms with van der Waals surface area (Å²) in [5.74, 6) is 0.418. The van der Waals surface area contributed by atoms with Crippen molar-refractivity contribution >= 4 is 5.69 Å². The topological polar surface area (TPSA) is 3.24 Å². The maximum Gasteiger partial charge on any atom is 0.125 e. The van der Waals surface area contributed by atoms with Gasteiger partial charge in [0.1, 0.15) is 5.82 Å². The van der Waals surface area contributed by atoms with Crippen LogP contribution in [0.1, 0.15) is 13.8 Å². The highest BCUT2D eigenvalue weighted by Gasteiger charge is 2.03. The van der Waals surface area contributed by atoms with Crippen molar-refractivity contribution in [3.63, 3.8) is 0 Å². The molecule has 0 atom stereocenters. The van der Waals surface area contributed by atoms with Crippen molar-refractivity contribution in [3.8, 4) is 0 Å². The molecule has 1 rings (SSSR count). The Labute approximate surface area is 79.2 Å². The predicted octanol–water partition coefficient (Wildman–Crippen LogP) is 2.92. The molecule has 0 N–H and O–H groups in total. The summed E-state index contributed by atoms with van der Waals surface area (Å²) in [5.41, 5.74) is 0.939. The third kappa shape index (κ3) is 3.05. The lowest BCUT2D eigenvalue weighted by atomic mass is 10.2. The molecule has 0 aromatic heterocycles. The summed E-state index contributed by atoms with van der Waals surface area (Å²) in [5, 5.41) is 0. The fraction of sp³-hybridized carbons (Fsp3) is 0.455. The second-order valence-corrected chi connectivity index (χ2v) is 3.75. The smallest absolute Gasteiger partial charge is 0.125 e. The van der Waals surface area contributed by atoms with Crippen LogP contribution in [0.5, 0.6) is 0 Å². The average molecular weight is 181 g/mol. The highest BCUT2D eigenvalue weighted by molar-refractivity contribution is 5.45. The van der Waals surface area contributed by atoms with E-state index < -0.39 is 0 Å². The normalized spacial score (nSPS) is 10.5. The Kier molecular flexibility index (Phi) is 3.29. The monoisotopic (exact) mass is 181 g/mol. The van der Waals surface area contributed by atoms with Crippen LogP contribution in [0.25, 0.3) is 0 Å². The SMILES string of the molecule is CC(C)CN(C)c1cccc(F)c1. The Morgan fingerprint density at radius 3 is 2.62 bits per heavy atom. The summed E-state index contributed by atoms with van der Waals surface area (Å²) in [6, 6.07) is 6.68. The van der Waals surface area contributed by atoms with E-state index in [1.807, 2.05) is 13.1 Å². The van der Waals surface area contributed by atoms with Crippen LogP contribution in [-0.4, -0.2) is 13.6 Å². The maximum absolute atomic E-state index is 12.8. The van der Waals surface area contributed by atoms with Gasteiger partial charge in [-0.2, -0.15) is 0 Å². The van der Waals surface area contributed by atoms with E-state index in [-0.39, 0.29) is 5.82 Å². The lowest BCUT2D eigenvalue weighted by Gasteiger charge is -2.21. The molecule has 0 aliphatic carbocycles. The minimum Gasteiger partial charge on any atom is -0.374 e. The molecule has 72 valence electrons. The van der Waals surface area contributed by atoms with Crippen molar-refractivity contribution < 1.29 is 4.39 Å². The second kappa shape index (κ2) is 4.26. The summed E-state index contributed by atoms with van der Waals surface area (Å²) >= 11 is 0. The predicted molar refractivity (Wildman–Crippen MR) is 54.5 cm³/mol. The van der Waals surface area contributed by atoms with Crippen LogP contribution < -0.4 is 4.90 Å². The number of hydrogen-bond donors (Lipinski definition) is 0. The van der Waals surface area contributed by atoms with Crippen LogP contribution in [-0.2, 0) is 0 Å². The molecule has 2 heteroatoms. The molecule has 0 heterocycles. The minimum atomic E-state index is -0.173. The molecule has 0 amide bonds. The van der Waals surface area contributed by atoms with Gasteiger partial charge in [0.05, 0.1) is 0 Å². The second-order valence-electron chi connectivity index (χ2n) is 3.75. The number of anilines is 1. The van der Waals surface area contributed by atoms with Gasteiger partial charge in [0.15, 0.2) is 0 Å². The van der Waals surface area contributed by atoms with Gasteiger partial charge in [-0.3, -0.25) is 0 Å². The van der Waals surface area contributed by atoms with E-state index in [4.69, 9.17) is 0 Å². The molecule has 0 aliphatic rings. The third-order valence-corrected chi connectivity index (χ3v) is 1.89. The zero-order valence-electron chi connectivity index (χ0n) is 8.42. The van der Waals surface area contributed by atoms with Gasteiger partial charge in [-0.1, -0.05) is 19.9 Å². The highest BCUT2D eigenvalue weighted by Crippen LogP contribution is 2.14. The number of rotatable bonds is 3. The third-order valence-electron chi connectivity index (χ3n) is 1.89. The summed E-state index contributed by atoms with van der Waals surface area (Å²) in [6.45, 7) is 5.25. The lowest BCUT2D eigenvalue weighted by Crippen LogP contribution is -2.22. The van der Waals surface area contributed by atoms with Crippen molar-refractivity contribution in [2.75, 3.05) is 18.5 Å². The van der Waals surface area contributed by atoms with Gasteiger partial charge >= 0.3 is 0 Å². The van der Waals surface area contributed by atoms with Gasteiger partial charge in [0, 0.05) is 19.3 Å². The van der Waals surface area contributed by atoms with E-state index in [9.17, 15) is 4.39 Å². The zero-order chi connectivity index (χ0) is 9.84. The standard InChI is InChI=1S/C11H16FN/c1-9(2)8-13(3)11-6-4-5-10(12)7-11/h4-7,9H,8H2,1-3H3. The molecule has 0 saturated heterocycles. The molecular formula is C11H16FN. The molecule has 0 radical (unpaired) electrons. The Balaban J connectivity index is 2.71. The van der Waals surface area contributed by atoms with Crippen LogP contribution in [0.4, 0.5) is 10.1 Å². The first-order chi connectivity index (χ1) is 6.09. The van der Waals surface area contributed by atoms with E-state index in [1.54, 1.807) is 12.1 Å². The molecule has 0 spiro atoms. The molecule has 1 nitrogen and oxygen atoms in total. The minimum absolute atomic E-state index is 0.173. The first-order valence-corrected chi connectivity index (χ1v) is 4.56. The number of hydrogen-bond acceptors (Lipinski definition) is 1. The largest absolute Gasteiger partial charge is 0.374 e. The van der Waals surface area contributed by atoms with Crippen LogP contribution in [0, 0.1) is 11.7 Å². The molecule has 0 fully saturated rings. The van der Waals surface area contributed by atoms with Crippen molar-refractivity contribution in [2.24, 2.45) is 5.92 Å². The fourth-order valence-electron chi connectivity index (χ4n) is 1.37. The van der Waals surface area contributed by atoms with Gasteiger partial charge in [-0.25, -0.2) is 4.39 Å². The molecule has 0 bridgehead atoms. The Morgan fingerprint density at radius 1 is 1.38 bits per heavy atom. The van der Waals surface area contributed by atoms with Crippen LogP contribution >= 0.6 is 0 Å². The first kappa shape index (κ1) is 10.0.